The number of carbonyl (C=O) groups excluding carboxylic acids is 1. The predicted molar refractivity (Wildman–Crippen MR) is 87.0 cm³/mol. The molecule has 3 rings (SSSR count). The van der Waals surface area contributed by atoms with E-state index in [1.54, 1.807) is 6.07 Å². The fourth-order valence-corrected chi connectivity index (χ4v) is 2.26. The summed E-state index contributed by atoms with van der Waals surface area (Å²) >= 11 is 0. The number of fused-ring (bicyclic) bond motifs is 1. The summed E-state index contributed by atoms with van der Waals surface area (Å²) in [5, 5.41) is 7.79. The summed E-state index contributed by atoms with van der Waals surface area (Å²) in [6.07, 6.45) is 0.192. The smallest absolute Gasteiger partial charge is 0.226 e. The zero-order valence-electron chi connectivity index (χ0n) is 13.2. The molecule has 0 spiro atoms. The van der Waals surface area contributed by atoms with Gasteiger partial charge in [0.2, 0.25) is 11.7 Å². The maximum Gasteiger partial charge on any atom is 0.226 e. The summed E-state index contributed by atoms with van der Waals surface area (Å²) in [5.41, 5.74) is 1.38. The number of carbonyl (C=O) groups is 1. The number of rotatable bonds is 6. The van der Waals surface area contributed by atoms with Crippen LogP contribution in [-0.4, -0.2) is 43.1 Å². The van der Waals surface area contributed by atoms with Crippen molar-refractivity contribution in [2.24, 2.45) is 0 Å². The summed E-state index contributed by atoms with van der Waals surface area (Å²) in [7, 11) is 3.92. The molecule has 120 valence electrons. The molecule has 2 heterocycles. The second-order valence-electron chi connectivity index (χ2n) is 5.66. The molecular formula is C17H19N3O3. The average molecular weight is 313 g/mol. The fourth-order valence-electron chi connectivity index (χ4n) is 2.26. The molecule has 0 aliphatic rings. The second-order valence-corrected chi connectivity index (χ2v) is 5.66. The van der Waals surface area contributed by atoms with Gasteiger partial charge in [-0.3, -0.25) is 4.79 Å². The van der Waals surface area contributed by atoms with Gasteiger partial charge in [-0.25, -0.2) is 0 Å². The van der Waals surface area contributed by atoms with Crippen molar-refractivity contribution in [3.05, 3.63) is 42.1 Å². The van der Waals surface area contributed by atoms with Crippen LogP contribution in [0.4, 0.5) is 0 Å². The lowest BCUT2D eigenvalue weighted by atomic mass is 10.2. The van der Waals surface area contributed by atoms with Crippen LogP contribution in [0.1, 0.15) is 5.69 Å². The van der Waals surface area contributed by atoms with E-state index in [0.29, 0.717) is 23.8 Å². The van der Waals surface area contributed by atoms with E-state index in [0.717, 1.165) is 17.5 Å². The summed E-state index contributed by atoms with van der Waals surface area (Å²) in [6, 6.07) is 11.4. The lowest BCUT2D eigenvalue weighted by Crippen LogP contribution is -2.32. The molecule has 0 fully saturated rings. The molecule has 0 radical (unpaired) electrons. The van der Waals surface area contributed by atoms with E-state index in [1.165, 1.54) is 0 Å². The van der Waals surface area contributed by atoms with Crippen LogP contribution in [-0.2, 0) is 11.2 Å². The molecule has 0 aliphatic carbocycles. The topological polar surface area (TPSA) is 71.5 Å². The zero-order chi connectivity index (χ0) is 16.2. The minimum absolute atomic E-state index is 0.0729. The molecule has 2 aromatic heterocycles. The van der Waals surface area contributed by atoms with Crippen LogP contribution in [0.5, 0.6) is 0 Å². The van der Waals surface area contributed by atoms with E-state index in [4.69, 9.17) is 8.94 Å². The number of nitrogens with one attached hydrogen (secondary N) is 1. The molecule has 6 nitrogen and oxygen atoms in total. The predicted octanol–water partition coefficient (Wildman–Crippen LogP) is 2.31. The van der Waals surface area contributed by atoms with Crippen molar-refractivity contribution >= 4 is 16.9 Å². The molecule has 1 amide bonds. The van der Waals surface area contributed by atoms with Crippen LogP contribution in [0.3, 0.4) is 0 Å². The van der Waals surface area contributed by atoms with E-state index >= 15 is 0 Å². The molecule has 0 saturated heterocycles. The van der Waals surface area contributed by atoms with Crippen molar-refractivity contribution in [3.8, 4) is 11.5 Å². The van der Waals surface area contributed by atoms with E-state index in [9.17, 15) is 4.79 Å². The SMILES string of the molecule is CN(C)CCNC(=O)Cc1cc(-c2cc3ccccc3o2)on1. The Hall–Kier alpha value is -2.60. The molecule has 0 atom stereocenters. The average Bonchev–Trinajstić information content (AvgIpc) is 3.12. The minimum atomic E-state index is -0.0729. The van der Waals surface area contributed by atoms with Crippen molar-refractivity contribution in [2.45, 2.75) is 6.42 Å². The van der Waals surface area contributed by atoms with Crippen molar-refractivity contribution in [2.75, 3.05) is 27.2 Å². The Balaban J connectivity index is 1.64. The largest absolute Gasteiger partial charge is 0.453 e. The van der Waals surface area contributed by atoms with E-state index in [1.807, 2.05) is 49.3 Å². The number of hydrogen-bond donors (Lipinski definition) is 1. The quantitative estimate of drug-likeness (QED) is 0.756. The number of benzene rings is 1. The minimum Gasteiger partial charge on any atom is -0.453 e. The third-order valence-corrected chi connectivity index (χ3v) is 3.45. The first-order chi connectivity index (χ1) is 11.1. The molecule has 0 aliphatic heterocycles. The normalized spacial score (nSPS) is 11.3. The van der Waals surface area contributed by atoms with Gasteiger partial charge in [-0.2, -0.15) is 0 Å². The van der Waals surface area contributed by atoms with E-state index in [-0.39, 0.29) is 12.3 Å². The summed E-state index contributed by atoms with van der Waals surface area (Å²) < 4.78 is 11.0. The summed E-state index contributed by atoms with van der Waals surface area (Å²) in [5.74, 6) is 1.06. The van der Waals surface area contributed by atoms with Gasteiger partial charge in [0.15, 0.2) is 5.76 Å². The number of likely N-dealkylation sites (N-methyl/N-ethyl adjacent to an activating group) is 1. The summed E-state index contributed by atoms with van der Waals surface area (Å²) in [4.78, 5) is 13.9. The first-order valence-electron chi connectivity index (χ1n) is 7.48. The Morgan fingerprint density at radius 3 is 2.83 bits per heavy atom. The highest BCUT2D eigenvalue weighted by atomic mass is 16.5. The third kappa shape index (κ3) is 3.78. The number of para-hydroxylation sites is 1. The van der Waals surface area contributed by atoms with Crippen LogP contribution < -0.4 is 5.32 Å². The fraction of sp³-hybridized carbons (Fsp3) is 0.294. The van der Waals surface area contributed by atoms with Gasteiger partial charge < -0.3 is 19.2 Å². The first-order valence-corrected chi connectivity index (χ1v) is 7.48. The highest BCUT2D eigenvalue weighted by Gasteiger charge is 2.14. The second kappa shape index (κ2) is 6.66. The number of furan rings is 1. The van der Waals surface area contributed by atoms with Crippen molar-refractivity contribution in [1.29, 1.82) is 0 Å². The molecule has 1 N–H and O–H groups in total. The van der Waals surface area contributed by atoms with Crippen LogP contribution in [0.25, 0.3) is 22.5 Å². The number of aromatic nitrogens is 1. The Labute approximate surface area is 134 Å². The monoisotopic (exact) mass is 313 g/mol. The van der Waals surface area contributed by atoms with Crippen LogP contribution in [0, 0.1) is 0 Å². The van der Waals surface area contributed by atoms with Gasteiger partial charge in [-0.05, 0) is 26.2 Å². The van der Waals surface area contributed by atoms with Crippen LogP contribution >= 0.6 is 0 Å². The summed E-state index contributed by atoms with van der Waals surface area (Å²) in [6.45, 7) is 1.41. The maximum atomic E-state index is 11.8. The van der Waals surface area contributed by atoms with E-state index < -0.39 is 0 Å². The molecule has 0 bridgehead atoms. The molecule has 0 unspecified atom stereocenters. The molecule has 1 aromatic carbocycles. The molecule has 6 heteroatoms. The van der Waals surface area contributed by atoms with Crippen molar-refractivity contribution in [3.63, 3.8) is 0 Å². The van der Waals surface area contributed by atoms with Gasteiger partial charge in [0, 0.05) is 24.5 Å². The zero-order valence-corrected chi connectivity index (χ0v) is 13.2. The van der Waals surface area contributed by atoms with Gasteiger partial charge in [0.25, 0.3) is 0 Å². The lowest BCUT2D eigenvalue weighted by Gasteiger charge is -2.09. The maximum absolute atomic E-state index is 11.8. The van der Waals surface area contributed by atoms with Gasteiger partial charge >= 0.3 is 0 Å². The Morgan fingerprint density at radius 1 is 1.22 bits per heavy atom. The highest BCUT2D eigenvalue weighted by molar-refractivity contribution is 5.82. The molecule has 23 heavy (non-hydrogen) atoms. The highest BCUT2D eigenvalue weighted by Crippen LogP contribution is 2.28. The number of nitrogens with zero attached hydrogens (tertiary/aromatic N) is 2. The van der Waals surface area contributed by atoms with E-state index in [2.05, 4.69) is 10.5 Å². The van der Waals surface area contributed by atoms with Gasteiger partial charge in [-0.15, -0.1) is 0 Å². The Kier molecular flexibility index (Phi) is 4.43. The standard InChI is InChI=1S/C17H19N3O3/c1-20(2)8-7-18-17(21)11-13-10-16(23-19-13)15-9-12-5-3-4-6-14(12)22-15/h3-6,9-10H,7-8,11H2,1-2H3,(H,18,21). The van der Waals surface area contributed by atoms with Gasteiger partial charge in [0.1, 0.15) is 5.58 Å². The van der Waals surface area contributed by atoms with Crippen molar-refractivity contribution in [1.82, 2.24) is 15.4 Å². The van der Waals surface area contributed by atoms with Gasteiger partial charge in [-0.1, -0.05) is 23.4 Å². The Bertz CT molecular complexity index is 771. The molecular weight excluding hydrogens is 294 g/mol. The van der Waals surface area contributed by atoms with Crippen LogP contribution in [0.15, 0.2) is 45.3 Å². The van der Waals surface area contributed by atoms with Gasteiger partial charge in [0.05, 0.1) is 12.1 Å². The lowest BCUT2D eigenvalue weighted by molar-refractivity contribution is -0.120. The first kappa shape index (κ1) is 15.3. The van der Waals surface area contributed by atoms with Crippen LogP contribution in [0.2, 0.25) is 0 Å². The third-order valence-electron chi connectivity index (χ3n) is 3.45. The molecule has 0 saturated carbocycles. The van der Waals surface area contributed by atoms with Crippen molar-refractivity contribution < 1.29 is 13.7 Å². The molecule has 3 aromatic rings. The Morgan fingerprint density at radius 2 is 2.04 bits per heavy atom. The number of amides is 1. The number of hydrogen-bond acceptors (Lipinski definition) is 5.